The highest BCUT2D eigenvalue weighted by molar-refractivity contribution is 9.10. The number of rotatable bonds is 2. The highest BCUT2D eigenvalue weighted by atomic mass is 79.9. The zero-order chi connectivity index (χ0) is 16.4. The minimum Gasteiger partial charge on any atom is -0.492 e. The fraction of sp³-hybridized carbons (Fsp3) is 0.214. The molecule has 118 valence electrons. The Morgan fingerprint density at radius 1 is 1.13 bits per heavy atom. The zero-order valence-electron chi connectivity index (χ0n) is 12.2. The van der Waals surface area contributed by atoms with Crippen LogP contribution in [0.5, 0.6) is 0 Å². The van der Waals surface area contributed by atoms with E-state index >= 15 is 0 Å². The molecule has 23 heavy (non-hydrogen) atoms. The van der Waals surface area contributed by atoms with Crippen LogP contribution in [0.1, 0.15) is 0 Å². The van der Waals surface area contributed by atoms with Crippen LogP contribution in [0.4, 0.5) is 0 Å². The maximum absolute atomic E-state index is 11.7. The summed E-state index contributed by atoms with van der Waals surface area (Å²) in [7, 11) is 0.406. The van der Waals surface area contributed by atoms with Crippen LogP contribution >= 0.6 is 15.9 Å². The van der Waals surface area contributed by atoms with Gasteiger partial charge >= 0.3 is 19.1 Å². The molecule has 1 aliphatic rings. The molecule has 0 aliphatic carbocycles. The predicted octanol–water partition coefficient (Wildman–Crippen LogP) is 0.831. The van der Waals surface area contributed by atoms with Gasteiger partial charge in [-0.05, 0) is 31.3 Å². The van der Waals surface area contributed by atoms with Crippen molar-refractivity contribution in [1.82, 2.24) is 9.88 Å². The van der Waals surface area contributed by atoms with Crippen LogP contribution in [-0.4, -0.2) is 49.1 Å². The molecular weight excluding hydrogens is 367 g/mol. The van der Waals surface area contributed by atoms with E-state index in [4.69, 9.17) is 13.7 Å². The van der Waals surface area contributed by atoms with Crippen molar-refractivity contribution in [2.45, 2.75) is 0 Å². The van der Waals surface area contributed by atoms with Gasteiger partial charge in [0, 0.05) is 10.0 Å². The molecule has 1 saturated heterocycles. The third kappa shape index (κ3) is 3.80. The van der Waals surface area contributed by atoms with Crippen LogP contribution in [0.2, 0.25) is 0 Å². The minimum atomic E-state index is -1.22. The van der Waals surface area contributed by atoms with Crippen LogP contribution < -0.4 is 5.66 Å². The molecule has 0 unspecified atom stereocenters. The SMILES string of the molecule is CN1CC(=O)OB(c2cnc(-c3ccc(Br)cc3)o2)OC(=O)C1. The Balaban J connectivity index is 1.82. The van der Waals surface area contributed by atoms with Gasteiger partial charge in [0.05, 0.1) is 19.3 Å². The summed E-state index contributed by atoms with van der Waals surface area (Å²) in [5.74, 6) is -0.669. The average Bonchev–Trinajstić information content (AvgIpc) is 2.95. The molecule has 1 aromatic heterocycles. The summed E-state index contributed by atoms with van der Waals surface area (Å²) in [5, 5.41) is 0. The van der Waals surface area contributed by atoms with Gasteiger partial charge in [0.15, 0.2) is 5.66 Å². The van der Waals surface area contributed by atoms with E-state index in [1.165, 1.54) is 11.1 Å². The smallest absolute Gasteiger partial charge is 0.492 e. The Kier molecular flexibility index (Phi) is 4.49. The fourth-order valence-corrected chi connectivity index (χ4v) is 2.34. The Bertz CT molecular complexity index is 713. The number of nitrogens with zero attached hydrogens (tertiary/aromatic N) is 2. The van der Waals surface area contributed by atoms with E-state index in [1.54, 1.807) is 7.05 Å². The lowest BCUT2D eigenvalue weighted by molar-refractivity contribution is -0.145. The number of hydrogen-bond donors (Lipinski definition) is 0. The van der Waals surface area contributed by atoms with E-state index in [1.807, 2.05) is 24.3 Å². The number of hydrogen-bond acceptors (Lipinski definition) is 7. The van der Waals surface area contributed by atoms with E-state index in [0.717, 1.165) is 10.0 Å². The minimum absolute atomic E-state index is 0.000688. The number of benzene rings is 1. The molecule has 0 spiro atoms. The normalized spacial score (nSPS) is 16.5. The summed E-state index contributed by atoms with van der Waals surface area (Å²) in [6, 6.07) is 7.35. The summed E-state index contributed by atoms with van der Waals surface area (Å²) < 4.78 is 16.7. The van der Waals surface area contributed by atoms with Gasteiger partial charge in [-0.1, -0.05) is 15.9 Å². The molecule has 2 heterocycles. The summed E-state index contributed by atoms with van der Waals surface area (Å²) >= 11 is 3.35. The molecule has 3 rings (SSSR count). The first-order chi connectivity index (χ1) is 11.0. The summed E-state index contributed by atoms with van der Waals surface area (Å²) in [4.78, 5) is 29.1. The van der Waals surface area contributed by atoms with Crippen molar-refractivity contribution in [3.63, 3.8) is 0 Å². The lowest BCUT2D eigenvalue weighted by Crippen LogP contribution is -2.47. The van der Waals surface area contributed by atoms with E-state index in [-0.39, 0.29) is 18.7 Å². The molecule has 1 aliphatic heterocycles. The monoisotopic (exact) mass is 378 g/mol. The second-order valence-electron chi connectivity index (χ2n) is 5.06. The van der Waals surface area contributed by atoms with E-state index in [0.29, 0.717) is 5.89 Å². The van der Waals surface area contributed by atoms with Crippen LogP contribution in [0, 0.1) is 0 Å². The Hall–Kier alpha value is -2.13. The first-order valence-corrected chi connectivity index (χ1v) is 7.60. The lowest BCUT2D eigenvalue weighted by atomic mass is 9.86. The van der Waals surface area contributed by atoms with E-state index in [9.17, 15) is 9.59 Å². The number of likely N-dealkylation sites (N-methyl/N-ethyl adjacent to an activating group) is 1. The van der Waals surface area contributed by atoms with Gasteiger partial charge in [0.25, 0.3) is 0 Å². The first kappa shape index (κ1) is 15.8. The number of carbonyl (C=O) groups is 2. The molecule has 1 aromatic carbocycles. The number of oxazole rings is 1. The third-order valence-corrected chi connectivity index (χ3v) is 3.65. The van der Waals surface area contributed by atoms with Crippen molar-refractivity contribution in [2.75, 3.05) is 20.1 Å². The molecular formula is C14H12BBrN2O5. The molecule has 0 radical (unpaired) electrons. The Morgan fingerprint density at radius 3 is 2.35 bits per heavy atom. The summed E-state index contributed by atoms with van der Waals surface area (Å²) in [6.45, 7) is -0.00138. The predicted molar refractivity (Wildman–Crippen MR) is 84.7 cm³/mol. The van der Waals surface area contributed by atoms with Crippen LogP contribution in [0.25, 0.3) is 11.5 Å². The topological polar surface area (TPSA) is 81.9 Å². The van der Waals surface area contributed by atoms with Gasteiger partial charge in [0.1, 0.15) is 0 Å². The second-order valence-corrected chi connectivity index (χ2v) is 5.97. The van der Waals surface area contributed by atoms with Crippen molar-refractivity contribution in [1.29, 1.82) is 0 Å². The summed E-state index contributed by atoms with van der Waals surface area (Å²) in [5.41, 5.74) is 0.914. The molecule has 0 amide bonds. The van der Waals surface area contributed by atoms with E-state index in [2.05, 4.69) is 20.9 Å². The first-order valence-electron chi connectivity index (χ1n) is 6.80. The van der Waals surface area contributed by atoms with Crippen molar-refractivity contribution < 1.29 is 23.3 Å². The lowest BCUT2D eigenvalue weighted by Gasteiger charge is -2.21. The highest BCUT2D eigenvalue weighted by Crippen LogP contribution is 2.19. The summed E-state index contributed by atoms with van der Waals surface area (Å²) in [6.07, 6.45) is 1.38. The zero-order valence-corrected chi connectivity index (χ0v) is 13.8. The van der Waals surface area contributed by atoms with Crippen molar-refractivity contribution in [3.05, 3.63) is 34.9 Å². The largest absolute Gasteiger partial charge is 0.676 e. The van der Waals surface area contributed by atoms with Gasteiger partial charge < -0.3 is 13.7 Å². The third-order valence-electron chi connectivity index (χ3n) is 3.12. The van der Waals surface area contributed by atoms with Gasteiger partial charge in [-0.15, -0.1) is 0 Å². The average molecular weight is 379 g/mol. The molecule has 0 N–H and O–H groups in total. The van der Waals surface area contributed by atoms with Crippen LogP contribution in [0.15, 0.2) is 39.4 Å². The highest BCUT2D eigenvalue weighted by Gasteiger charge is 2.37. The number of carbonyl (C=O) groups excluding carboxylic acids is 2. The van der Waals surface area contributed by atoms with Crippen LogP contribution in [0.3, 0.4) is 0 Å². The van der Waals surface area contributed by atoms with Crippen LogP contribution in [-0.2, 0) is 18.9 Å². The molecule has 1 fully saturated rings. The maximum atomic E-state index is 11.7. The van der Waals surface area contributed by atoms with Crippen molar-refractivity contribution in [3.8, 4) is 11.5 Å². The van der Waals surface area contributed by atoms with Crippen molar-refractivity contribution >= 4 is 40.6 Å². The van der Waals surface area contributed by atoms with Crippen molar-refractivity contribution in [2.24, 2.45) is 0 Å². The standard InChI is InChI=1S/C14H12BBrN2O5/c1-18-7-12(19)22-15(23-13(20)8-18)11-6-17-14(21-11)9-2-4-10(16)5-3-9/h2-6H,7-8H2,1H3. The van der Waals surface area contributed by atoms with Gasteiger partial charge in [-0.3, -0.25) is 14.5 Å². The number of aromatic nitrogens is 1. The quantitative estimate of drug-likeness (QED) is 0.716. The van der Waals surface area contributed by atoms with Gasteiger partial charge in [-0.2, -0.15) is 0 Å². The molecule has 7 nitrogen and oxygen atoms in total. The van der Waals surface area contributed by atoms with Gasteiger partial charge in [-0.25, -0.2) is 4.98 Å². The fourth-order valence-electron chi connectivity index (χ4n) is 2.07. The Morgan fingerprint density at radius 2 is 1.74 bits per heavy atom. The molecule has 9 heteroatoms. The molecule has 2 aromatic rings. The van der Waals surface area contributed by atoms with Gasteiger partial charge in [0.2, 0.25) is 5.89 Å². The van der Waals surface area contributed by atoms with E-state index < -0.39 is 19.1 Å². The Labute approximate surface area is 140 Å². The molecule has 0 atom stereocenters. The molecule has 0 bridgehead atoms. The maximum Gasteiger partial charge on any atom is 0.676 e. The number of halogens is 1. The second kappa shape index (κ2) is 6.55. The molecule has 0 saturated carbocycles.